The molecular formula is C34H45FN6O5Si. The lowest BCUT2D eigenvalue weighted by atomic mass is 9.82. The van der Waals surface area contributed by atoms with Gasteiger partial charge in [-0.15, -0.1) is 5.10 Å². The molecular weight excluding hydrogens is 619 g/mol. The monoisotopic (exact) mass is 664 g/mol. The van der Waals surface area contributed by atoms with Crippen molar-refractivity contribution in [3.8, 4) is 5.75 Å². The number of carbonyl (C=O) groups is 2. The van der Waals surface area contributed by atoms with Crippen LogP contribution in [0.4, 0.5) is 15.5 Å². The summed E-state index contributed by atoms with van der Waals surface area (Å²) < 4.78 is 30.4. The van der Waals surface area contributed by atoms with Crippen molar-refractivity contribution in [1.29, 1.82) is 0 Å². The van der Waals surface area contributed by atoms with Gasteiger partial charge in [0.15, 0.2) is 5.60 Å². The molecule has 0 saturated carbocycles. The van der Waals surface area contributed by atoms with E-state index in [1.807, 2.05) is 49.4 Å². The van der Waals surface area contributed by atoms with Crippen molar-refractivity contribution in [3.63, 3.8) is 0 Å². The van der Waals surface area contributed by atoms with Crippen LogP contribution in [0.15, 0.2) is 48.7 Å². The highest BCUT2D eigenvalue weighted by molar-refractivity contribution is 6.72. The normalized spacial score (nSPS) is 25.7. The van der Waals surface area contributed by atoms with Crippen molar-refractivity contribution in [2.24, 2.45) is 11.8 Å². The van der Waals surface area contributed by atoms with Crippen molar-refractivity contribution in [2.75, 3.05) is 37.0 Å². The summed E-state index contributed by atoms with van der Waals surface area (Å²) in [5.74, 6) is -0.176. The van der Waals surface area contributed by atoms with Crippen LogP contribution in [0.25, 0.3) is 0 Å². The second-order valence-electron chi connectivity index (χ2n) is 13.5. The zero-order chi connectivity index (χ0) is 33.3. The Morgan fingerprint density at radius 1 is 1.28 bits per heavy atom. The van der Waals surface area contributed by atoms with Crippen LogP contribution in [-0.2, 0) is 39.4 Å². The molecule has 5 atom stereocenters. The Hall–Kier alpha value is -3.65. The number of halogens is 1. The Labute approximate surface area is 276 Å². The number of amides is 2. The fourth-order valence-corrected chi connectivity index (χ4v) is 10.3. The number of aliphatic hydroxyl groups excluding tert-OH is 1. The molecule has 0 bridgehead atoms. The molecule has 2 aromatic carbocycles. The minimum Gasteiger partial charge on any atom is -0.497 e. The second-order valence-corrected chi connectivity index (χ2v) is 17.3. The first-order chi connectivity index (χ1) is 22.5. The lowest BCUT2D eigenvalue weighted by molar-refractivity contribution is -0.146. The van der Waals surface area contributed by atoms with E-state index in [0.29, 0.717) is 54.3 Å². The van der Waals surface area contributed by atoms with Gasteiger partial charge in [0.05, 0.1) is 37.1 Å². The summed E-state index contributed by atoms with van der Waals surface area (Å²) in [5, 5.41) is 23.9. The molecule has 2 saturated heterocycles. The van der Waals surface area contributed by atoms with Gasteiger partial charge in [0.2, 0.25) is 14.3 Å². The maximum atomic E-state index is 16.2. The number of piperidine rings is 1. The van der Waals surface area contributed by atoms with E-state index in [-0.39, 0.29) is 30.9 Å². The van der Waals surface area contributed by atoms with E-state index in [9.17, 15) is 14.7 Å². The first-order valence-electron chi connectivity index (χ1n) is 16.5. The van der Waals surface area contributed by atoms with E-state index < -0.39 is 31.6 Å². The highest BCUT2D eigenvalue weighted by atomic mass is 28.4. The van der Waals surface area contributed by atoms with Crippen LogP contribution in [0, 0.1) is 11.8 Å². The summed E-state index contributed by atoms with van der Waals surface area (Å²) in [6.07, 6.45) is 3.93. The molecule has 13 heteroatoms. The minimum absolute atomic E-state index is 0.0122. The number of methoxy groups -OCH3 is 1. The number of ether oxygens (including phenoxy) is 2. The molecule has 252 valence electrons. The molecule has 6 rings (SSSR count). The third kappa shape index (κ3) is 6.45. The maximum Gasteiger partial charge on any atom is 0.264 e. The zero-order valence-corrected chi connectivity index (χ0v) is 28.5. The van der Waals surface area contributed by atoms with Gasteiger partial charge < -0.3 is 34.2 Å². The van der Waals surface area contributed by atoms with Crippen molar-refractivity contribution in [1.82, 2.24) is 20.3 Å². The molecule has 1 aromatic heterocycles. The highest BCUT2D eigenvalue weighted by Crippen LogP contribution is 2.60. The number of hydrogen-bond donors (Lipinski definition) is 3. The van der Waals surface area contributed by atoms with Crippen LogP contribution in [0.5, 0.6) is 5.75 Å². The number of anilines is 2. The summed E-state index contributed by atoms with van der Waals surface area (Å²) in [4.78, 5) is 29.4. The fraction of sp³-hybridized carbons (Fsp3) is 0.529. The largest absolute Gasteiger partial charge is 0.497 e. The molecule has 3 aliphatic rings. The first kappa shape index (κ1) is 33.3. The number of hydrogen-bond acceptors (Lipinski definition) is 8. The van der Waals surface area contributed by atoms with E-state index in [1.54, 1.807) is 36.0 Å². The smallest absolute Gasteiger partial charge is 0.264 e. The van der Waals surface area contributed by atoms with E-state index in [4.69, 9.17) is 9.47 Å². The zero-order valence-electron chi connectivity index (χ0n) is 27.5. The number of aromatic nitrogens is 3. The Morgan fingerprint density at radius 2 is 2.11 bits per heavy atom. The van der Waals surface area contributed by atoms with E-state index in [1.165, 1.54) is 0 Å². The number of carbonyl (C=O) groups excluding carboxylic acids is 2. The average molecular weight is 665 g/mol. The maximum absolute atomic E-state index is 16.2. The van der Waals surface area contributed by atoms with Gasteiger partial charge in [-0.3, -0.25) is 14.3 Å². The van der Waals surface area contributed by atoms with Crippen molar-refractivity contribution >= 4 is 31.6 Å². The molecule has 2 amide bonds. The molecule has 3 aromatic rings. The van der Waals surface area contributed by atoms with Gasteiger partial charge in [0.1, 0.15) is 5.75 Å². The van der Waals surface area contributed by atoms with Gasteiger partial charge in [0, 0.05) is 55.0 Å². The molecule has 2 fully saturated rings. The topological polar surface area (TPSA) is 131 Å². The Kier molecular flexibility index (Phi) is 9.52. The number of aryl methyl sites for hydroxylation is 1. The molecule has 11 nitrogen and oxygen atoms in total. The molecule has 3 N–H and O–H groups in total. The Bertz CT molecular complexity index is 1610. The highest BCUT2D eigenvalue weighted by Gasteiger charge is 2.66. The number of fused-ring (bicyclic) bond motifs is 2. The van der Waals surface area contributed by atoms with Crippen molar-refractivity contribution in [3.05, 3.63) is 65.5 Å². The third-order valence-electron chi connectivity index (χ3n) is 9.97. The standard InChI is InChI=1S/C34H45FN6O5Si/c1-22-31(47(3,4)35)30(12-15-40-21-26(13-16-42)38-39-40)46-34(22)28-18-27(45-2)10-11-29(28)41(33(34)44)20-23-7-5-9-25(17-23)37-32(43)24-8-6-14-36-19-24/h5,7,9-11,17-18,21-22,24,30-31,36,42H,6,8,12-16,19-20H2,1-4H3,(H,37,43)/t22-,24?,30+,31-,34+/m1/s1. The lowest BCUT2D eigenvalue weighted by Crippen LogP contribution is -2.45. The fourth-order valence-electron chi connectivity index (χ4n) is 7.77. The summed E-state index contributed by atoms with van der Waals surface area (Å²) in [7, 11) is -1.77. The molecule has 0 radical (unpaired) electrons. The van der Waals surface area contributed by atoms with Crippen LogP contribution < -0.4 is 20.3 Å². The van der Waals surface area contributed by atoms with E-state index >= 15 is 4.11 Å². The van der Waals surface area contributed by atoms with E-state index in [2.05, 4.69) is 20.9 Å². The first-order valence-corrected chi connectivity index (χ1v) is 19.5. The van der Waals surface area contributed by atoms with Crippen molar-refractivity contribution in [2.45, 2.75) is 76.0 Å². The van der Waals surface area contributed by atoms with Gasteiger partial charge in [-0.25, -0.2) is 0 Å². The molecule has 3 aliphatic heterocycles. The minimum atomic E-state index is -3.35. The lowest BCUT2D eigenvalue weighted by Gasteiger charge is -2.31. The predicted octanol–water partition coefficient (Wildman–Crippen LogP) is 4.17. The number of nitrogens with one attached hydrogen (secondary N) is 2. The van der Waals surface area contributed by atoms with Crippen LogP contribution in [0.3, 0.4) is 0 Å². The van der Waals surface area contributed by atoms with Gasteiger partial charge in [-0.05, 0) is 74.8 Å². The van der Waals surface area contributed by atoms with Crippen LogP contribution in [0.1, 0.15) is 43.0 Å². The van der Waals surface area contributed by atoms with Crippen LogP contribution in [0.2, 0.25) is 18.6 Å². The van der Waals surface area contributed by atoms with Crippen molar-refractivity contribution < 1.29 is 28.3 Å². The Morgan fingerprint density at radius 3 is 2.83 bits per heavy atom. The van der Waals surface area contributed by atoms with E-state index in [0.717, 1.165) is 24.9 Å². The molecule has 47 heavy (non-hydrogen) atoms. The third-order valence-corrected chi connectivity index (χ3v) is 12.4. The van der Waals surface area contributed by atoms with Gasteiger partial charge in [-0.2, -0.15) is 0 Å². The molecule has 0 aliphatic carbocycles. The molecule has 1 spiro atoms. The summed E-state index contributed by atoms with van der Waals surface area (Å²) in [5.41, 5.74) is 1.74. The van der Waals surface area contributed by atoms with Gasteiger partial charge >= 0.3 is 0 Å². The molecule has 1 unspecified atom stereocenters. The van der Waals surface area contributed by atoms with Crippen LogP contribution in [-0.4, -0.2) is 73.2 Å². The Balaban J connectivity index is 1.29. The summed E-state index contributed by atoms with van der Waals surface area (Å²) in [6, 6.07) is 13.1. The summed E-state index contributed by atoms with van der Waals surface area (Å²) >= 11 is 0. The average Bonchev–Trinajstić information content (AvgIpc) is 3.70. The number of nitrogens with zero attached hydrogens (tertiary/aromatic N) is 4. The van der Waals surface area contributed by atoms with Gasteiger partial charge in [0.25, 0.3) is 5.91 Å². The number of benzene rings is 2. The summed E-state index contributed by atoms with van der Waals surface area (Å²) in [6.45, 7) is 7.57. The number of rotatable bonds is 11. The predicted molar refractivity (Wildman–Crippen MR) is 178 cm³/mol. The number of aliphatic hydroxyl groups is 1. The SMILES string of the molecule is COc1ccc2c(c1)[C@]1(O[C@@H](CCn3cc(CCO)nn3)[C@H]([Si](C)(C)F)[C@H]1C)C(=O)N2Cc1cccc(NC(=O)C2CCCNC2)c1. The molecule has 4 heterocycles. The second kappa shape index (κ2) is 13.5. The quantitative estimate of drug-likeness (QED) is 0.206. The van der Waals surface area contributed by atoms with Gasteiger partial charge in [-0.1, -0.05) is 24.3 Å². The van der Waals surface area contributed by atoms with Crippen LogP contribution >= 0.6 is 0 Å².